The Hall–Kier alpha value is -3.05. The second-order valence-electron chi connectivity index (χ2n) is 8.37. The molecular formula is C25H25N3O2. The number of hydrogen-bond donors (Lipinski definition) is 1. The Bertz CT molecular complexity index is 1280. The fourth-order valence-electron chi connectivity index (χ4n) is 4.63. The van der Waals surface area contributed by atoms with Crippen LogP contribution >= 0.6 is 0 Å². The summed E-state index contributed by atoms with van der Waals surface area (Å²) >= 11 is 0. The Kier molecular flexibility index (Phi) is 4.83. The molecule has 5 rings (SSSR count). The van der Waals surface area contributed by atoms with E-state index in [0.717, 1.165) is 48.6 Å². The van der Waals surface area contributed by atoms with Gasteiger partial charge in [0.15, 0.2) is 0 Å². The summed E-state index contributed by atoms with van der Waals surface area (Å²) < 4.78 is 1.64. The van der Waals surface area contributed by atoms with Gasteiger partial charge in [0.05, 0.1) is 29.4 Å². The summed E-state index contributed by atoms with van der Waals surface area (Å²) in [5.74, 6) is 0. The Labute approximate surface area is 175 Å². The van der Waals surface area contributed by atoms with Crippen molar-refractivity contribution in [2.24, 2.45) is 0 Å². The maximum atomic E-state index is 13.5. The number of rotatable bonds is 3. The van der Waals surface area contributed by atoms with Crippen LogP contribution in [0.25, 0.3) is 21.8 Å². The van der Waals surface area contributed by atoms with Gasteiger partial charge in [-0.2, -0.15) is 0 Å². The van der Waals surface area contributed by atoms with Crippen LogP contribution in [0.2, 0.25) is 0 Å². The van der Waals surface area contributed by atoms with E-state index >= 15 is 0 Å². The molecule has 4 aromatic rings. The summed E-state index contributed by atoms with van der Waals surface area (Å²) in [4.78, 5) is 22.6. The summed E-state index contributed by atoms with van der Waals surface area (Å²) in [5.41, 5.74) is 4.77. The van der Waals surface area contributed by atoms with Gasteiger partial charge in [0.2, 0.25) is 0 Å². The summed E-state index contributed by atoms with van der Waals surface area (Å²) in [7, 11) is 0. The van der Waals surface area contributed by atoms with Crippen molar-refractivity contribution in [2.45, 2.75) is 51.2 Å². The van der Waals surface area contributed by atoms with Crippen LogP contribution in [0, 0.1) is 6.92 Å². The van der Waals surface area contributed by atoms with Crippen molar-refractivity contribution in [3.8, 4) is 0 Å². The highest BCUT2D eigenvalue weighted by molar-refractivity contribution is 6.04. The number of aliphatic hydroxyl groups is 1. The molecule has 152 valence electrons. The number of aryl methyl sites for hydroxylation is 1. The van der Waals surface area contributed by atoms with Gasteiger partial charge in [-0.1, -0.05) is 48.7 Å². The van der Waals surface area contributed by atoms with Crippen molar-refractivity contribution in [2.75, 3.05) is 0 Å². The highest BCUT2D eigenvalue weighted by atomic mass is 16.3. The first-order valence-electron chi connectivity index (χ1n) is 10.6. The predicted molar refractivity (Wildman–Crippen MR) is 119 cm³/mol. The van der Waals surface area contributed by atoms with Crippen molar-refractivity contribution in [3.05, 3.63) is 82.0 Å². The van der Waals surface area contributed by atoms with Crippen molar-refractivity contribution in [1.82, 2.24) is 14.5 Å². The summed E-state index contributed by atoms with van der Waals surface area (Å²) in [6.45, 7) is 2.08. The lowest BCUT2D eigenvalue weighted by Gasteiger charge is -2.29. The quantitative estimate of drug-likeness (QED) is 0.521. The SMILES string of the molecule is Cc1ccc(Cc2cc3c(=O)n([C@H]4CCCC[C@@H]4O)cnc3c3ncccc23)cc1. The van der Waals surface area contributed by atoms with E-state index in [2.05, 4.69) is 41.2 Å². The predicted octanol–water partition coefficient (Wildman–Crippen LogP) is 4.32. The molecular weight excluding hydrogens is 374 g/mol. The van der Waals surface area contributed by atoms with Gasteiger partial charge in [-0.25, -0.2) is 4.98 Å². The Balaban J connectivity index is 1.70. The minimum atomic E-state index is -0.499. The van der Waals surface area contributed by atoms with Crippen LogP contribution < -0.4 is 5.56 Å². The Morgan fingerprint density at radius 1 is 1.03 bits per heavy atom. The highest BCUT2D eigenvalue weighted by Gasteiger charge is 2.26. The first-order chi connectivity index (χ1) is 14.6. The molecule has 0 aliphatic heterocycles. The molecule has 30 heavy (non-hydrogen) atoms. The van der Waals surface area contributed by atoms with Crippen molar-refractivity contribution in [1.29, 1.82) is 0 Å². The first kappa shape index (κ1) is 18.9. The molecule has 2 aromatic heterocycles. The molecule has 2 atom stereocenters. The summed E-state index contributed by atoms with van der Waals surface area (Å²) in [5, 5.41) is 12.1. The van der Waals surface area contributed by atoms with Gasteiger partial charge in [-0.05, 0) is 49.4 Å². The second kappa shape index (κ2) is 7.65. The molecule has 2 heterocycles. The summed E-state index contributed by atoms with van der Waals surface area (Å²) in [6.07, 6.45) is 7.11. The fourth-order valence-corrected chi connectivity index (χ4v) is 4.63. The lowest BCUT2D eigenvalue weighted by atomic mass is 9.92. The van der Waals surface area contributed by atoms with E-state index < -0.39 is 6.10 Å². The minimum absolute atomic E-state index is 0.0938. The molecule has 1 aliphatic rings. The zero-order valence-corrected chi connectivity index (χ0v) is 17.1. The average molecular weight is 399 g/mol. The molecule has 0 spiro atoms. The molecule has 5 nitrogen and oxygen atoms in total. The van der Waals surface area contributed by atoms with Crippen molar-refractivity contribution in [3.63, 3.8) is 0 Å². The normalized spacial score (nSPS) is 19.4. The Morgan fingerprint density at radius 3 is 2.60 bits per heavy atom. The van der Waals surface area contributed by atoms with Gasteiger partial charge in [-0.15, -0.1) is 0 Å². The van der Waals surface area contributed by atoms with Crippen LogP contribution in [0.1, 0.15) is 48.4 Å². The highest BCUT2D eigenvalue weighted by Crippen LogP contribution is 2.30. The number of aliphatic hydroxyl groups excluding tert-OH is 1. The average Bonchev–Trinajstić information content (AvgIpc) is 2.77. The van der Waals surface area contributed by atoms with E-state index in [1.165, 1.54) is 11.1 Å². The molecule has 1 aliphatic carbocycles. The lowest BCUT2D eigenvalue weighted by molar-refractivity contribution is 0.0735. The Morgan fingerprint density at radius 2 is 1.80 bits per heavy atom. The smallest absolute Gasteiger partial charge is 0.261 e. The van der Waals surface area contributed by atoms with Crippen molar-refractivity contribution < 1.29 is 5.11 Å². The number of hydrogen-bond acceptors (Lipinski definition) is 4. The molecule has 1 N–H and O–H groups in total. The minimum Gasteiger partial charge on any atom is -0.391 e. The summed E-state index contributed by atoms with van der Waals surface area (Å²) in [6, 6.07) is 14.2. The standard InChI is InChI=1S/C25H25N3O2/c1-16-8-10-17(11-9-16)13-18-14-20-24(23-19(18)5-4-12-26-23)27-15-28(25(20)30)21-6-2-3-7-22(21)29/h4-5,8-12,14-15,21-22,29H,2-3,6-7,13H2,1H3/t21-,22-/m0/s1. The van der Waals surface area contributed by atoms with E-state index in [-0.39, 0.29) is 11.6 Å². The molecule has 2 aromatic carbocycles. The zero-order chi connectivity index (χ0) is 20.7. The number of aromatic nitrogens is 3. The molecule has 1 fully saturated rings. The van der Waals surface area contributed by atoms with Crippen LogP contribution in [-0.2, 0) is 6.42 Å². The van der Waals surface area contributed by atoms with E-state index in [1.807, 2.05) is 18.2 Å². The van der Waals surface area contributed by atoms with E-state index in [4.69, 9.17) is 0 Å². The number of nitrogens with zero attached hydrogens (tertiary/aromatic N) is 3. The first-order valence-corrected chi connectivity index (χ1v) is 10.6. The molecule has 0 radical (unpaired) electrons. The number of pyridine rings is 1. The van der Waals surface area contributed by atoms with E-state index in [9.17, 15) is 9.90 Å². The topological polar surface area (TPSA) is 68.0 Å². The zero-order valence-electron chi connectivity index (χ0n) is 17.1. The van der Waals surface area contributed by atoms with Gasteiger partial charge in [0.1, 0.15) is 5.52 Å². The lowest BCUT2D eigenvalue weighted by Crippen LogP contribution is -2.34. The van der Waals surface area contributed by atoms with Gasteiger partial charge >= 0.3 is 0 Å². The van der Waals surface area contributed by atoms with Crippen LogP contribution in [0.4, 0.5) is 0 Å². The fraction of sp³-hybridized carbons (Fsp3) is 0.320. The third-order valence-corrected chi connectivity index (χ3v) is 6.29. The molecule has 5 heteroatoms. The van der Waals surface area contributed by atoms with E-state index in [0.29, 0.717) is 10.9 Å². The molecule has 0 amide bonds. The molecule has 0 bridgehead atoms. The maximum Gasteiger partial charge on any atom is 0.261 e. The van der Waals surface area contributed by atoms with Crippen molar-refractivity contribution >= 4 is 21.8 Å². The molecule has 1 saturated carbocycles. The third kappa shape index (κ3) is 3.29. The third-order valence-electron chi connectivity index (χ3n) is 6.29. The molecule has 0 saturated heterocycles. The van der Waals surface area contributed by atoms with Crippen LogP contribution in [-0.4, -0.2) is 25.7 Å². The monoisotopic (exact) mass is 399 g/mol. The van der Waals surface area contributed by atoms with Gasteiger partial charge in [0, 0.05) is 11.6 Å². The van der Waals surface area contributed by atoms with E-state index in [1.54, 1.807) is 17.1 Å². The van der Waals surface area contributed by atoms with Gasteiger partial charge in [0.25, 0.3) is 5.56 Å². The molecule has 0 unspecified atom stereocenters. The second-order valence-corrected chi connectivity index (χ2v) is 8.37. The number of benzene rings is 2. The van der Waals surface area contributed by atoms with Crippen LogP contribution in [0.5, 0.6) is 0 Å². The van der Waals surface area contributed by atoms with Crippen LogP contribution in [0.3, 0.4) is 0 Å². The number of fused-ring (bicyclic) bond motifs is 3. The maximum absolute atomic E-state index is 13.5. The largest absolute Gasteiger partial charge is 0.391 e. The van der Waals surface area contributed by atoms with Crippen LogP contribution in [0.15, 0.2) is 59.8 Å². The van der Waals surface area contributed by atoms with Gasteiger partial charge < -0.3 is 5.11 Å². The van der Waals surface area contributed by atoms with Gasteiger partial charge in [-0.3, -0.25) is 14.3 Å².